The van der Waals surface area contributed by atoms with Gasteiger partial charge in [-0.05, 0) is 71.4 Å². The Morgan fingerprint density at radius 3 is 1.89 bits per heavy atom. The molecule has 3 nitrogen and oxygen atoms in total. The van der Waals surface area contributed by atoms with Crippen LogP contribution in [0, 0.1) is 0 Å². The zero-order valence-electron chi connectivity index (χ0n) is 15.9. The number of anilines is 1. The van der Waals surface area contributed by atoms with Crippen molar-refractivity contribution in [2.75, 3.05) is 10.5 Å². The van der Waals surface area contributed by atoms with Crippen LogP contribution >= 0.6 is 0 Å². The van der Waals surface area contributed by atoms with Gasteiger partial charge in [0, 0.05) is 5.69 Å². The van der Waals surface area contributed by atoms with E-state index in [0.29, 0.717) is 5.69 Å². The van der Waals surface area contributed by atoms with E-state index in [2.05, 4.69) is 59.3 Å². The lowest BCUT2D eigenvalue weighted by molar-refractivity contribution is 0.602. The van der Waals surface area contributed by atoms with E-state index in [4.69, 9.17) is 0 Å². The van der Waals surface area contributed by atoms with E-state index in [9.17, 15) is 8.42 Å². The van der Waals surface area contributed by atoms with Crippen LogP contribution in [0.25, 0.3) is 11.6 Å². The Balaban J connectivity index is 1.77. The molecule has 0 fully saturated rings. The molecular weight excluding hydrogens is 366 g/mol. The SMILES string of the molecule is CCS(=O)(=O)Nc1ccc(C=C2c3ccccc3CCc3ccccc32)cc1. The predicted molar refractivity (Wildman–Crippen MR) is 117 cm³/mol. The summed E-state index contributed by atoms with van der Waals surface area (Å²) in [6.45, 7) is 1.63. The molecule has 4 heteroatoms. The molecule has 0 heterocycles. The highest BCUT2D eigenvalue weighted by atomic mass is 32.2. The molecule has 4 rings (SSSR count). The van der Waals surface area contributed by atoms with Gasteiger partial charge in [0.1, 0.15) is 0 Å². The van der Waals surface area contributed by atoms with Gasteiger partial charge in [-0.1, -0.05) is 60.7 Å². The summed E-state index contributed by atoms with van der Waals surface area (Å²) in [6, 6.07) is 24.7. The minimum atomic E-state index is -3.26. The van der Waals surface area contributed by atoms with E-state index < -0.39 is 10.0 Å². The molecule has 0 saturated heterocycles. The van der Waals surface area contributed by atoms with Crippen molar-refractivity contribution in [3.05, 3.63) is 101 Å². The average Bonchev–Trinajstić information content (AvgIpc) is 2.87. The monoisotopic (exact) mass is 389 g/mol. The summed E-state index contributed by atoms with van der Waals surface area (Å²) in [5, 5.41) is 0. The summed E-state index contributed by atoms with van der Waals surface area (Å²) in [5.74, 6) is 0.0619. The van der Waals surface area contributed by atoms with E-state index in [1.54, 1.807) is 6.92 Å². The van der Waals surface area contributed by atoms with Crippen LogP contribution in [0.15, 0.2) is 72.8 Å². The van der Waals surface area contributed by atoms with Gasteiger partial charge >= 0.3 is 0 Å². The molecule has 0 unspecified atom stereocenters. The van der Waals surface area contributed by atoms with E-state index >= 15 is 0 Å². The smallest absolute Gasteiger partial charge is 0.232 e. The number of sulfonamides is 1. The van der Waals surface area contributed by atoms with Gasteiger partial charge in [-0.3, -0.25) is 4.72 Å². The molecule has 1 N–H and O–H groups in total. The molecule has 3 aromatic carbocycles. The van der Waals surface area contributed by atoms with Crippen molar-refractivity contribution < 1.29 is 8.42 Å². The first kappa shape index (κ1) is 18.5. The fourth-order valence-electron chi connectivity index (χ4n) is 3.64. The molecule has 1 aliphatic carbocycles. The second-order valence-electron chi connectivity index (χ2n) is 7.00. The molecule has 0 radical (unpaired) electrons. The number of hydrogen-bond acceptors (Lipinski definition) is 2. The second-order valence-corrected chi connectivity index (χ2v) is 9.01. The van der Waals surface area contributed by atoms with Crippen LogP contribution in [-0.2, 0) is 22.9 Å². The van der Waals surface area contributed by atoms with Crippen molar-refractivity contribution in [2.45, 2.75) is 19.8 Å². The second kappa shape index (κ2) is 7.64. The minimum Gasteiger partial charge on any atom is -0.284 e. The summed E-state index contributed by atoms with van der Waals surface area (Å²) < 4.78 is 26.1. The number of hydrogen-bond donors (Lipinski definition) is 1. The first-order valence-electron chi connectivity index (χ1n) is 9.54. The van der Waals surface area contributed by atoms with Crippen molar-refractivity contribution in [3.63, 3.8) is 0 Å². The highest BCUT2D eigenvalue weighted by Gasteiger charge is 2.17. The molecule has 0 amide bonds. The molecule has 0 aromatic heterocycles. The lowest BCUT2D eigenvalue weighted by atomic mass is 9.92. The highest BCUT2D eigenvalue weighted by Crippen LogP contribution is 2.34. The third-order valence-corrected chi connectivity index (χ3v) is 6.46. The number of fused-ring (bicyclic) bond motifs is 2. The first-order chi connectivity index (χ1) is 13.6. The van der Waals surface area contributed by atoms with Gasteiger partial charge in [0.2, 0.25) is 10.0 Å². The molecular formula is C24H23NO2S. The normalized spacial score (nSPS) is 13.2. The van der Waals surface area contributed by atoms with Crippen LogP contribution < -0.4 is 4.72 Å². The predicted octanol–water partition coefficient (Wildman–Crippen LogP) is 5.14. The van der Waals surface area contributed by atoms with Gasteiger partial charge in [0.25, 0.3) is 0 Å². The van der Waals surface area contributed by atoms with Crippen LogP contribution in [0.5, 0.6) is 0 Å². The van der Waals surface area contributed by atoms with E-state index in [1.165, 1.54) is 27.8 Å². The fraction of sp³-hybridized carbons (Fsp3) is 0.167. The molecule has 28 heavy (non-hydrogen) atoms. The molecule has 0 atom stereocenters. The van der Waals surface area contributed by atoms with E-state index in [0.717, 1.165) is 18.4 Å². The number of rotatable bonds is 4. The topological polar surface area (TPSA) is 46.2 Å². The molecule has 142 valence electrons. The minimum absolute atomic E-state index is 0.0619. The van der Waals surface area contributed by atoms with Crippen LogP contribution in [-0.4, -0.2) is 14.2 Å². The zero-order chi connectivity index (χ0) is 19.6. The molecule has 0 saturated carbocycles. The fourth-order valence-corrected chi connectivity index (χ4v) is 4.28. The Morgan fingerprint density at radius 2 is 1.36 bits per heavy atom. The van der Waals surface area contributed by atoms with Gasteiger partial charge in [-0.15, -0.1) is 0 Å². The molecule has 3 aromatic rings. The maximum absolute atomic E-state index is 11.8. The first-order valence-corrected chi connectivity index (χ1v) is 11.2. The molecule has 0 bridgehead atoms. The summed E-state index contributed by atoms with van der Waals surface area (Å²) in [7, 11) is -3.26. The zero-order valence-corrected chi connectivity index (χ0v) is 16.7. The molecule has 0 spiro atoms. The van der Waals surface area contributed by atoms with Crippen LogP contribution in [0.4, 0.5) is 5.69 Å². The Morgan fingerprint density at radius 1 is 0.821 bits per heavy atom. The molecule has 1 aliphatic rings. The standard InChI is InChI=1S/C24H23NO2S/c1-2-28(26,27)25-21-15-11-18(12-16-21)17-24-22-9-5-3-7-19(22)13-14-20-8-4-6-10-23(20)24/h3-12,15-17,25H,2,13-14H2,1H3. The summed E-state index contributed by atoms with van der Waals surface area (Å²) >= 11 is 0. The van der Waals surface area contributed by atoms with Gasteiger partial charge in [0.05, 0.1) is 5.75 Å². The maximum Gasteiger partial charge on any atom is 0.232 e. The summed E-state index contributed by atoms with van der Waals surface area (Å²) in [4.78, 5) is 0. The largest absolute Gasteiger partial charge is 0.284 e. The Kier molecular flexibility index (Phi) is 5.05. The van der Waals surface area contributed by atoms with Crippen molar-refractivity contribution >= 4 is 27.4 Å². The van der Waals surface area contributed by atoms with E-state index in [-0.39, 0.29) is 5.75 Å². The van der Waals surface area contributed by atoms with Gasteiger partial charge in [0.15, 0.2) is 0 Å². The third kappa shape index (κ3) is 3.87. The van der Waals surface area contributed by atoms with Gasteiger partial charge in [-0.25, -0.2) is 8.42 Å². The van der Waals surface area contributed by atoms with Gasteiger partial charge < -0.3 is 0 Å². The summed E-state index contributed by atoms with van der Waals surface area (Å²) in [5.41, 5.74) is 8.10. The third-order valence-electron chi connectivity index (χ3n) is 5.15. The summed E-state index contributed by atoms with van der Waals surface area (Å²) in [6.07, 6.45) is 4.26. The molecule has 0 aliphatic heterocycles. The number of nitrogens with one attached hydrogen (secondary N) is 1. The van der Waals surface area contributed by atoms with Crippen LogP contribution in [0.1, 0.15) is 34.7 Å². The average molecular weight is 390 g/mol. The van der Waals surface area contributed by atoms with Crippen LogP contribution in [0.2, 0.25) is 0 Å². The Bertz CT molecular complexity index is 1080. The van der Waals surface area contributed by atoms with Crippen molar-refractivity contribution in [3.8, 4) is 0 Å². The van der Waals surface area contributed by atoms with Crippen LogP contribution in [0.3, 0.4) is 0 Å². The number of benzene rings is 3. The highest BCUT2D eigenvalue weighted by molar-refractivity contribution is 7.92. The van der Waals surface area contributed by atoms with Gasteiger partial charge in [-0.2, -0.15) is 0 Å². The quantitative estimate of drug-likeness (QED) is 0.672. The van der Waals surface area contributed by atoms with Crippen molar-refractivity contribution in [2.24, 2.45) is 0 Å². The Labute approximate surface area is 166 Å². The Hall–Kier alpha value is -2.85. The van der Waals surface area contributed by atoms with Crippen molar-refractivity contribution in [1.82, 2.24) is 0 Å². The maximum atomic E-state index is 11.8. The number of aryl methyl sites for hydroxylation is 2. The van der Waals surface area contributed by atoms with Crippen molar-refractivity contribution in [1.29, 1.82) is 0 Å². The lowest BCUT2D eigenvalue weighted by Crippen LogP contribution is -2.14. The lowest BCUT2D eigenvalue weighted by Gasteiger charge is -2.12. The van der Waals surface area contributed by atoms with E-state index in [1.807, 2.05) is 24.3 Å².